The highest BCUT2D eigenvalue weighted by atomic mass is 35.5. The van der Waals surface area contributed by atoms with Crippen molar-refractivity contribution in [1.82, 2.24) is 0 Å². The molecule has 0 amide bonds. The SMILES string of the molecule is CCOc1ccc(S(=O)(=O)Nc2ccc(S(=O)(=O)Nc3ccc(Cl)cc3Cl)cc2)cc1. The highest BCUT2D eigenvalue weighted by molar-refractivity contribution is 7.93. The first-order valence-electron chi connectivity index (χ1n) is 8.94. The van der Waals surface area contributed by atoms with Crippen molar-refractivity contribution in [2.24, 2.45) is 0 Å². The lowest BCUT2D eigenvalue weighted by Gasteiger charge is -2.12. The van der Waals surface area contributed by atoms with Crippen LogP contribution >= 0.6 is 23.2 Å². The minimum Gasteiger partial charge on any atom is -0.494 e. The van der Waals surface area contributed by atoms with E-state index in [4.69, 9.17) is 27.9 Å². The van der Waals surface area contributed by atoms with Crippen LogP contribution in [0.15, 0.2) is 76.5 Å². The summed E-state index contributed by atoms with van der Waals surface area (Å²) >= 11 is 11.8. The summed E-state index contributed by atoms with van der Waals surface area (Å²) in [5, 5.41) is 0.521. The maximum atomic E-state index is 12.6. The molecule has 0 aliphatic rings. The van der Waals surface area contributed by atoms with Gasteiger partial charge in [-0.1, -0.05) is 23.2 Å². The van der Waals surface area contributed by atoms with Gasteiger partial charge >= 0.3 is 0 Å². The second-order valence-corrected chi connectivity index (χ2v) is 10.5. The van der Waals surface area contributed by atoms with Crippen LogP contribution in [-0.2, 0) is 20.0 Å². The van der Waals surface area contributed by atoms with Crippen LogP contribution < -0.4 is 14.2 Å². The third kappa shape index (κ3) is 5.82. The van der Waals surface area contributed by atoms with Gasteiger partial charge in [0, 0.05) is 10.7 Å². The van der Waals surface area contributed by atoms with Crippen LogP contribution in [0.1, 0.15) is 6.92 Å². The van der Waals surface area contributed by atoms with Crippen LogP contribution in [0, 0.1) is 0 Å². The monoisotopic (exact) mass is 500 g/mol. The molecule has 7 nitrogen and oxygen atoms in total. The van der Waals surface area contributed by atoms with E-state index in [9.17, 15) is 16.8 Å². The first-order valence-corrected chi connectivity index (χ1v) is 12.7. The molecule has 0 bridgehead atoms. The molecule has 2 N–H and O–H groups in total. The van der Waals surface area contributed by atoms with Crippen molar-refractivity contribution in [2.45, 2.75) is 16.7 Å². The molecule has 0 aromatic heterocycles. The van der Waals surface area contributed by atoms with Gasteiger partial charge in [0.15, 0.2) is 0 Å². The van der Waals surface area contributed by atoms with Crippen LogP contribution in [0.3, 0.4) is 0 Å². The molecule has 31 heavy (non-hydrogen) atoms. The molecule has 0 aliphatic carbocycles. The number of ether oxygens (including phenoxy) is 1. The first kappa shape index (κ1) is 23.2. The fourth-order valence-electron chi connectivity index (χ4n) is 2.57. The molecule has 0 unspecified atom stereocenters. The van der Waals surface area contributed by atoms with E-state index in [0.717, 1.165) is 0 Å². The van der Waals surface area contributed by atoms with Gasteiger partial charge in [-0.15, -0.1) is 0 Å². The van der Waals surface area contributed by atoms with Crippen molar-refractivity contribution >= 4 is 54.6 Å². The quantitative estimate of drug-likeness (QED) is 0.453. The Morgan fingerprint density at radius 1 is 0.774 bits per heavy atom. The fraction of sp³-hybridized carbons (Fsp3) is 0.100. The summed E-state index contributed by atoms with van der Waals surface area (Å²) in [6.07, 6.45) is 0. The van der Waals surface area contributed by atoms with Gasteiger partial charge in [-0.3, -0.25) is 9.44 Å². The second-order valence-electron chi connectivity index (χ2n) is 6.26. The number of rotatable bonds is 8. The van der Waals surface area contributed by atoms with E-state index < -0.39 is 20.0 Å². The number of benzene rings is 3. The van der Waals surface area contributed by atoms with E-state index >= 15 is 0 Å². The molecule has 3 aromatic carbocycles. The zero-order valence-corrected chi connectivity index (χ0v) is 19.3. The Morgan fingerprint density at radius 2 is 1.32 bits per heavy atom. The number of anilines is 2. The molecule has 0 heterocycles. The predicted molar refractivity (Wildman–Crippen MR) is 122 cm³/mol. The third-order valence-corrected chi connectivity index (χ3v) is 7.36. The summed E-state index contributed by atoms with van der Waals surface area (Å²) in [5.74, 6) is 0.560. The minimum absolute atomic E-state index is 0.0479. The van der Waals surface area contributed by atoms with Crippen LogP contribution in [-0.4, -0.2) is 23.4 Å². The predicted octanol–water partition coefficient (Wildman–Crippen LogP) is 4.99. The Bertz CT molecular complexity index is 1280. The van der Waals surface area contributed by atoms with Gasteiger partial charge in [0.2, 0.25) is 0 Å². The number of sulfonamides is 2. The Balaban J connectivity index is 1.75. The Kier molecular flexibility index (Phi) is 7.00. The van der Waals surface area contributed by atoms with Crippen LogP contribution in [0.25, 0.3) is 0 Å². The normalized spacial score (nSPS) is 11.7. The van der Waals surface area contributed by atoms with E-state index in [1.54, 1.807) is 12.1 Å². The largest absolute Gasteiger partial charge is 0.494 e. The lowest BCUT2D eigenvalue weighted by atomic mass is 10.3. The van der Waals surface area contributed by atoms with Crippen LogP contribution in [0.5, 0.6) is 5.75 Å². The molecule has 3 rings (SSSR count). The highest BCUT2D eigenvalue weighted by Gasteiger charge is 2.18. The smallest absolute Gasteiger partial charge is 0.261 e. The van der Waals surface area contributed by atoms with E-state index in [1.165, 1.54) is 54.6 Å². The zero-order valence-electron chi connectivity index (χ0n) is 16.2. The molecule has 0 radical (unpaired) electrons. The van der Waals surface area contributed by atoms with E-state index in [1.807, 2.05) is 6.92 Å². The molecule has 0 saturated heterocycles. The summed E-state index contributed by atoms with van der Waals surface area (Å²) in [6, 6.07) is 15.6. The topological polar surface area (TPSA) is 102 Å². The Morgan fingerprint density at radius 3 is 1.87 bits per heavy atom. The number of nitrogens with one attached hydrogen (secondary N) is 2. The molecule has 0 fully saturated rings. The summed E-state index contributed by atoms with van der Waals surface area (Å²) in [7, 11) is -7.79. The van der Waals surface area contributed by atoms with Crippen molar-refractivity contribution in [1.29, 1.82) is 0 Å². The van der Waals surface area contributed by atoms with Gasteiger partial charge < -0.3 is 4.74 Å². The summed E-state index contributed by atoms with van der Waals surface area (Å²) in [4.78, 5) is -0.0192. The molecule has 164 valence electrons. The molecule has 0 spiro atoms. The maximum Gasteiger partial charge on any atom is 0.261 e. The summed E-state index contributed by atoms with van der Waals surface area (Å²) in [5.41, 5.74) is 0.378. The number of hydrogen-bond acceptors (Lipinski definition) is 5. The average molecular weight is 501 g/mol. The van der Waals surface area contributed by atoms with Crippen molar-refractivity contribution in [3.05, 3.63) is 76.8 Å². The molecule has 0 saturated carbocycles. The molecular weight excluding hydrogens is 483 g/mol. The number of halogens is 2. The summed E-state index contributed by atoms with van der Waals surface area (Å²) in [6.45, 7) is 2.30. The maximum absolute atomic E-state index is 12.6. The van der Waals surface area contributed by atoms with Gasteiger partial charge in [-0.05, 0) is 73.7 Å². The van der Waals surface area contributed by atoms with Crippen molar-refractivity contribution in [2.75, 3.05) is 16.1 Å². The fourth-order valence-corrected chi connectivity index (χ4v) is 5.22. The van der Waals surface area contributed by atoms with Gasteiger partial charge in [-0.2, -0.15) is 0 Å². The van der Waals surface area contributed by atoms with Crippen molar-refractivity contribution < 1.29 is 21.6 Å². The van der Waals surface area contributed by atoms with E-state index in [2.05, 4.69) is 9.44 Å². The van der Waals surface area contributed by atoms with Gasteiger partial charge in [-0.25, -0.2) is 16.8 Å². The highest BCUT2D eigenvalue weighted by Crippen LogP contribution is 2.28. The lowest BCUT2D eigenvalue weighted by Crippen LogP contribution is -2.14. The molecule has 3 aromatic rings. The number of hydrogen-bond donors (Lipinski definition) is 2. The minimum atomic E-state index is -3.94. The van der Waals surface area contributed by atoms with E-state index in [0.29, 0.717) is 17.4 Å². The van der Waals surface area contributed by atoms with Crippen LogP contribution in [0.2, 0.25) is 10.0 Å². The third-order valence-electron chi connectivity index (χ3n) is 4.04. The van der Waals surface area contributed by atoms with Crippen LogP contribution in [0.4, 0.5) is 11.4 Å². The second kappa shape index (κ2) is 9.35. The van der Waals surface area contributed by atoms with Gasteiger partial charge in [0.1, 0.15) is 5.75 Å². The average Bonchev–Trinajstić information content (AvgIpc) is 2.71. The lowest BCUT2D eigenvalue weighted by molar-refractivity contribution is 0.340. The molecule has 0 aliphatic heterocycles. The molecule has 11 heteroatoms. The van der Waals surface area contributed by atoms with Gasteiger partial charge in [0.25, 0.3) is 20.0 Å². The van der Waals surface area contributed by atoms with Gasteiger partial charge in [0.05, 0.1) is 27.1 Å². The molecular formula is C20H18Cl2N2O5S2. The zero-order chi connectivity index (χ0) is 22.6. The Labute approximate surface area is 191 Å². The summed E-state index contributed by atoms with van der Waals surface area (Å²) < 4.78 is 60.4. The van der Waals surface area contributed by atoms with E-state index in [-0.39, 0.29) is 26.2 Å². The van der Waals surface area contributed by atoms with Crippen molar-refractivity contribution in [3.63, 3.8) is 0 Å². The Hall–Kier alpha value is -2.46. The molecule has 0 atom stereocenters. The standard InChI is InChI=1S/C20H18Cl2N2O5S2/c1-2-29-16-6-10-18(11-7-16)30(25,26)23-15-4-8-17(9-5-15)31(27,28)24-20-12-3-14(21)13-19(20)22/h3-13,23-24H,2H2,1H3. The first-order chi connectivity index (χ1) is 14.6. The van der Waals surface area contributed by atoms with Crippen molar-refractivity contribution in [3.8, 4) is 5.75 Å².